The fourth-order valence-electron chi connectivity index (χ4n) is 2.72. The summed E-state index contributed by atoms with van der Waals surface area (Å²) in [5.41, 5.74) is 2.88. The second-order valence-corrected chi connectivity index (χ2v) is 10.1. The SMILES string of the molecule is Cc1cccc(NS(=O)(=O)c2ccc(C)c(NS(=O)(=O)/C=C/c3ccccc3)c2)c1. The highest BCUT2D eigenvalue weighted by molar-refractivity contribution is 7.95. The fourth-order valence-corrected chi connectivity index (χ4v) is 4.73. The topological polar surface area (TPSA) is 92.3 Å². The maximum Gasteiger partial charge on any atom is 0.261 e. The van der Waals surface area contributed by atoms with Gasteiger partial charge >= 0.3 is 0 Å². The average Bonchev–Trinajstić information content (AvgIpc) is 2.68. The van der Waals surface area contributed by atoms with Crippen LogP contribution in [-0.2, 0) is 20.0 Å². The number of aryl methyl sites for hydroxylation is 2. The van der Waals surface area contributed by atoms with Crippen LogP contribution in [0, 0.1) is 13.8 Å². The van der Waals surface area contributed by atoms with E-state index in [2.05, 4.69) is 9.44 Å². The third kappa shape index (κ3) is 5.71. The molecule has 0 aromatic heterocycles. The van der Waals surface area contributed by atoms with Crippen molar-refractivity contribution >= 4 is 37.5 Å². The minimum absolute atomic E-state index is 0.0423. The molecule has 30 heavy (non-hydrogen) atoms. The lowest BCUT2D eigenvalue weighted by atomic mass is 10.2. The summed E-state index contributed by atoms with van der Waals surface area (Å²) < 4.78 is 55.4. The van der Waals surface area contributed by atoms with E-state index in [-0.39, 0.29) is 10.6 Å². The van der Waals surface area contributed by atoms with Crippen LogP contribution in [0.5, 0.6) is 0 Å². The van der Waals surface area contributed by atoms with E-state index in [9.17, 15) is 16.8 Å². The molecular formula is C22H22N2O4S2. The summed E-state index contributed by atoms with van der Waals surface area (Å²) >= 11 is 0. The van der Waals surface area contributed by atoms with Crippen LogP contribution >= 0.6 is 0 Å². The molecule has 3 aromatic carbocycles. The molecule has 0 bridgehead atoms. The second kappa shape index (κ2) is 8.73. The van der Waals surface area contributed by atoms with Crippen molar-refractivity contribution in [2.24, 2.45) is 0 Å². The normalized spacial score (nSPS) is 12.1. The van der Waals surface area contributed by atoms with Gasteiger partial charge in [-0.3, -0.25) is 9.44 Å². The molecule has 0 saturated heterocycles. The van der Waals surface area contributed by atoms with Crippen molar-refractivity contribution in [2.45, 2.75) is 18.7 Å². The summed E-state index contributed by atoms with van der Waals surface area (Å²) in [6.45, 7) is 3.56. The molecular weight excluding hydrogens is 420 g/mol. The Hall–Kier alpha value is -3.10. The van der Waals surface area contributed by atoms with Gasteiger partial charge in [0, 0.05) is 5.69 Å². The van der Waals surface area contributed by atoms with Crippen LogP contribution in [-0.4, -0.2) is 16.8 Å². The van der Waals surface area contributed by atoms with Crippen molar-refractivity contribution in [2.75, 3.05) is 9.44 Å². The second-order valence-electron chi connectivity index (χ2n) is 6.81. The molecule has 8 heteroatoms. The highest BCUT2D eigenvalue weighted by Crippen LogP contribution is 2.24. The molecule has 3 rings (SSSR count). The van der Waals surface area contributed by atoms with E-state index in [1.54, 1.807) is 55.5 Å². The summed E-state index contributed by atoms with van der Waals surface area (Å²) in [6, 6.07) is 20.3. The highest BCUT2D eigenvalue weighted by atomic mass is 32.2. The summed E-state index contributed by atoms with van der Waals surface area (Å²) in [7, 11) is -7.71. The molecule has 0 fully saturated rings. The third-order valence-corrected chi connectivity index (χ3v) is 6.66. The molecule has 2 N–H and O–H groups in total. The molecule has 0 heterocycles. The molecule has 0 unspecified atom stereocenters. The van der Waals surface area contributed by atoms with E-state index in [4.69, 9.17) is 0 Å². The molecule has 156 valence electrons. The summed E-state index contributed by atoms with van der Waals surface area (Å²) in [5.74, 6) is 0. The third-order valence-electron chi connectivity index (χ3n) is 4.28. The lowest BCUT2D eigenvalue weighted by Gasteiger charge is -2.12. The Balaban J connectivity index is 1.85. The summed E-state index contributed by atoms with van der Waals surface area (Å²) in [5, 5.41) is 1.05. The number of hydrogen-bond donors (Lipinski definition) is 2. The van der Waals surface area contributed by atoms with E-state index in [1.165, 1.54) is 18.2 Å². The number of rotatable bonds is 7. The van der Waals surface area contributed by atoms with E-state index in [0.29, 0.717) is 11.3 Å². The highest BCUT2D eigenvalue weighted by Gasteiger charge is 2.17. The van der Waals surface area contributed by atoms with Crippen molar-refractivity contribution in [1.82, 2.24) is 0 Å². The number of anilines is 2. The number of hydrogen-bond acceptors (Lipinski definition) is 4. The van der Waals surface area contributed by atoms with Gasteiger partial charge in [-0.2, -0.15) is 0 Å². The average molecular weight is 443 g/mol. The predicted octanol–water partition coefficient (Wildman–Crippen LogP) is 4.52. The van der Waals surface area contributed by atoms with Crippen LogP contribution < -0.4 is 9.44 Å². The first-order valence-electron chi connectivity index (χ1n) is 9.11. The molecule has 0 aliphatic rings. The van der Waals surface area contributed by atoms with Crippen molar-refractivity contribution < 1.29 is 16.8 Å². The zero-order chi connectivity index (χ0) is 21.8. The first-order chi connectivity index (χ1) is 14.1. The van der Waals surface area contributed by atoms with Gasteiger partial charge in [0.15, 0.2) is 0 Å². The molecule has 0 atom stereocenters. The van der Waals surface area contributed by atoms with Crippen LogP contribution in [0.15, 0.2) is 83.1 Å². The number of sulfonamides is 2. The first-order valence-corrected chi connectivity index (χ1v) is 12.1. The predicted molar refractivity (Wildman–Crippen MR) is 121 cm³/mol. The maximum atomic E-state index is 12.8. The fraction of sp³-hybridized carbons (Fsp3) is 0.0909. The minimum atomic E-state index is -3.88. The summed E-state index contributed by atoms with van der Waals surface area (Å²) in [6.07, 6.45) is 1.47. The van der Waals surface area contributed by atoms with Crippen molar-refractivity contribution in [1.29, 1.82) is 0 Å². The largest absolute Gasteiger partial charge is 0.280 e. The standard InChI is InChI=1S/C22H22N2O4S2/c1-17-7-6-10-20(15-17)23-30(27,28)21-12-11-18(2)22(16-21)24-29(25,26)14-13-19-8-4-3-5-9-19/h3-16,23-24H,1-2H3/b14-13+. The van der Waals surface area contributed by atoms with E-state index >= 15 is 0 Å². The van der Waals surface area contributed by atoms with Crippen molar-refractivity contribution in [3.8, 4) is 0 Å². The Morgan fingerprint density at radius 3 is 2.20 bits per heavy atom. The van der Waals surface area contributed by atoms with Crippen LogP contribution in [0.2, 0.25) is 0 Å². The lowest BCUT2D eigenvalue weighted by Crippen LogP contribution is -2.15. The van der Waals surface area contributed by atoms with Gasteiger partial charge in [0.05, 0.1) is 16.0 Å². The van der Waals surface area contributed by atoms with Crippen molar-refractivity contribution in [3.05, 3.63) is 94.9 Å². The van der Waals surface area contributed by atoms with Gasteiger partial charge in [-0.1, -0.05) is 48.5 Å². The van der Waals surface area contributed by atoms with Gasteiger partial charge in [0.25, 0.3) is 20.0 Å². The molecule has 0 amide bonds. The molecule has 0 spiro atoms. The molecule has 0 saturated carbocycles. The van der Waals surface area contributed by atoms with Gasteiger partial charge in [0.1, 0.15) is 0 Å². The van der Waals surface area contributed by atoms with Gasteiger partial charge in [-0.15, -0.1) is 0 Å². The van der Waals surface area contributed by atoms with E-state index < -0.39 is 20.0 Å². The van der Waals surface area contributed by atoms with Gasteiger partial charge < -0.3 is 0 Å². The van der Waals surface area contributed by atoms with Crippen LogP contribution in [0.4, 0.5) is 11.4 Å². The molecule has 3 aromatic rings. The molecule has 6 nitrogen and oxygen atoms in total. The minimum Gasteiger partial charge on any atom is -0.280 e. The number of benzene rings is 3. The smallest absolute Gasteiger partial charge is 0.261 e. The van der Waals surface area contributed by atoms with Gasteiger partial charge in [-0.25, -0.2) is 16.8 Å². The Morgan fingerprint density at radius 1 is 0.767 bits per heavy atom. The molecule has 0 radical (unpaired) electrons. The first kappa shape index (κ1) is 21.6. The molecule has 0 aliphatic heterocycles. The van der Waals surface area contributed by atoms with Crippen LogP contribution in [0.1, 0.15) is 16.7 Å². The van der Waals surface area contributed by atoms with Gasteiger partial charge in [-0.05, 0) is 60.9 Å². The van der Waals surface area contributed by atoms with E-state index in [1.807, 2.05) is 19.1 Å². The van der Waals surface area contributed by atoms with Crippen LogP contribution in [0.3, 0.4) is 0 Å². The zero-order valence-electron chi connectivity index (χ0n) is 16.5. The Labute approximate surface area is 177 Å². The Morgan fingerprint density at radius 2 is 1.50 bits per heavy atom. The lowest BCUT2D eigenvalue weighted by molar-refractivity contribution is 0.600. The maximum absolute atomic E-state index is 12.8. The summed E-state index contributed by atoms with van der Waals surface area (Å²) in [4.78, 5) is -0.0423. The molecule has 0 aliphatic carbocycles. The number of nitrogens with one attached hydrogen (secondary N) is 2. The quantitative estimate of drug-likeness (QED) is 0.563. The van der Waals surface area contributed by atoms with Crippen molar-refractivity contribution in [3.63, 3.8) is 0 Å². The zero-order valence-corrected chi connectivity index (χ0v) is 18.2. The Kier molecular flexibility index (Phi) is 6.28. The van der Waals surface area contributed by atoms with Gasteiger partial charge in [0.2, 0.25) is 0 Å². The Bertz CT molecular complexity index is 1280. The van der Waals surface area contributed by atoms with E-state index in [0.717, 1.165) is 16.5 Å². The van der Waals surface area contributed by atoms with Crippen LogP contribution in [0.25, 0.3) is 6.08 Å². The monoisotopic (exact) mass is 442 g/mol.